The van der Waals surface area contributed by atoms with Gasteiger partial charge in [-0.15, -0.1) is 0 Å². The van der Waals surface area contributed by atoms with E-state index in [1.54, 1.807) is 12.1 Å². The molecular formula is C18H15ClF3NO4. The van der Waals surface area contributed by atoms with Gasteiger partial charge in [-0.25, -0.2) is 9.78 Å². The van der Waals surface area contributed by atoms with Crippen molar-refractivity contribution < 1.29 is 32.2 Å². The molecule has 0 amide bonds. The Bertz CT molecular complexity index is 837. The van der Waals surface area contributed by atoms with Crippen molar-refractivity contribution in [3.63, 3.8) is 0 Å². The summed E-state index contributed by atoms with van der Waals surface area (Å²) in [6, 6.07) is 7.01. The van der Waals surface area contributed by atoms with Crippen LogP contribution in [0.3, 0.4) is 0 Å². The van der Waals surface area contributed by atoms with Gasteiger partial charge in [0.1, 0.15) is 16.9 Å². The van der Waals surface area contributed by atoms with Crippen LogP contribution >= 0.6 is 11.6 Å². The van der Waals surface area contributed by atoms with Crippen molar-refractivity contribution in [2.45, 2.75) is 12.3 Å². The van der Waals surface area contributed by atoms with Gasteiger partial charge in [0.05, 0.1) is 18.2 Å². The second-order valence-electron chi connectivity index (χ2n) is 5.31. The van der Waals surface area contributed by atoms with E-state index >= 15 is 0 Å². The van der Waals surface area contributed by atoms with Gasteiger partial charge < -0.3 is 14.2 Å². The molecule has 0 bridgehead atoms. The van der Waals surface area contributed by atoms with Gasteiger partial charge in [-0.05, 0) is 23.8 Å². The maximum absolute atomic E-state index is 12.6. The van der Waals surface area contributed by atoms with E-state index in [2.05, 4.69) is 16.3 Å². The average Bonchev–Trinajstić information content (AvgIpc) is 2.63. The van der Waals surface area contributed by atoms with Gasteiger partial charge in [0.25, 0.3) is 0 Å². The molecule has 0 aliphatic heterocycles. The molecule has 2 rings (SSSR count). The minimum Gasteiger partial charge on any atom is -0.466 e. The number of carbonyl (C=O) groups excluding carboxylic acids is 1. The Balaban J connectivity index is 2.18. The Kier molecular flexibility index (Phi) is 6.45. The van der Waals surface area contributed by atoms with Crippen LogP contribution in [-0.4, -0.2) is 25.2 Å². The van der Waals surface area contributed by atoms with E-state index in [9.17, 15) is 18.0 Å². The number of halogens is 4. The van der Waals surface area contributed by atoms with Crippen molar-refractivity contribution in [3.05, 3.63) is 64.8 Å². The second-order valence-corrected chi connectivity index (χ2v) is 5.72. The van der Waals surface area contributed by atoms with Crippen LogP contribution in [0.4, 0.5) is 13.2 Å². The smallest absolute Gasteiger partial charge is 0.417 e. The van der Waals surface area contributed by atoms with Crippen LogP contribution in [0.25, 0.3) is 0 Å². The van der Waals surface area contributed by atoms with E-state index in [-0.39, 0.29) is 22.2 Å². The quantitative estimate of drug-likeness (QED) is 0.505. The topological polar surface area (TPSA) is 57.7 Å². The molecule has 0 saturated heterocycles. The SMILES string of the molecule is C=C(C(=O)OC)C(OC)c1ccc(Oc2ncc(C(F)(F)F)cc2Cl)cc1. The number of aromatic nitrogens is 1. The molecule has 0 N–H and O–H groups in total. The summed E-state index contributed by atoms with van der Waals surface area (Å²) in [4.78, 5) is 15.2. The number of rotatable bonds is 6. The molecular weight excluding hydrogens is 387 g/mol. The Morgan fingerprint density at radius 1 is 1.22 bits per heavy atom. The highest BCUT2D eigenvalue weighted by Gasteiger charge is 2.31. The average molecular weight is 402 g/mol. The van der Waals surface area contributed by atoms with Gasteiger partial charge in [0, 0.05) is 13.3 Å². The Morgan fingerprint density at radius 2 is 1.85 bits per heavy atom. The lowest BCUT2D eigenvalue weighted by molar-refractivity contribution is -0.138. The summed E-state index contributed by atoms with van der Waals surface area (Å²) in [5.74, 6) is -0.492. The first kappa shape index (κ1) is 20.7. The Labute approximate surface area is 158 Å². The minimum absolute atomic E-state index is 0.112. The largest absolute Gasteiger partial charge is 0.466 e. The lowest BCUT2D eigenvalue weighted by Gasteiger charge is -2.17. The number of methoxy groups -OCH3 is 2. The molecule has 9 heteroatoms. The molecule has 1 aromatic carbocycles. The minimum atomic E-state index is -4.55. The first-order chi connectivity index (χ1) is 12.7. The van der Waals surface area contributed by atoms with Crippen molar-refractivity contribution in [2.75, 3.05) is 14.2 Å². The third kappa shape index (κ3) is 4.99. The molecule has 1 aromatic heterocycles. The van der Waals surface area contributed by atoms with Crippen molar-refractivity contribution in [1.29, 1.82) is 0 Å². The fraction of sp³-hybridized carbons (Fsp3) is 0.222. The predicted octanol–water partition coefficient (Wildman–Crippen LogP) is 4.96. The van der Waals surface area contributed by atoms with Crippen LogP contribution in [0.15, 0.2) is 48.7 Å². The van der Waals surface area contributed by atoms with Gasteiger partial charge in [0.15, 0.2) is 0 Å². The number of carbonyl (C=O) groups is 1. The number of pyridine rings is 1. The predicted molar refractivity (Wildman–Crippen MR) is 91.7 cm³/mol. The first-order valence-electron chi connectivity index (χ1n) is 7.47. The fourth-order valence-corrected chi connectivity index (χ4v) is 2.40. The highest BCUT2D eigenvalue weighted by atomic mass is 35.5. The lowest BCUT2D eigenvalue weighted by atomic mass is 10.0. The fourth-order valence-electron chi connectivity index (χ4n) is 2.20. The van der Waals surface area contributed by atoms with Crippen LogP contribution in [-0.2, 0) is 20.4 Å². The summed E-state index contributed by atoms with van der Waals surface area (Å²) in [6.45, 7) is 3.65. The zero-order valence-electron chi connectivity index (χ0n) is 14.3. The molecule has 0 spiro atoms. The number of benzene rings is 1. The number of nitrogens with zero attached hydrogens (tertiary/aromatic N) is 1. The molecule has 27 heavy (non-hydrogen) atoms. The summed E-state index contributed by atoms with van der Waals surface area (Å²) >= 11 is 5.81. The number of ether oxygens (including phenoxy) is 3. The molecule has 1 unspecified atom stereocenters. The zero-order valence-corrected chi connectivity index (χ0v) is 15.1. The molecule has 0 fully saturated rings. The molecule has 0 saturated carbocycles. The highest BCUT2D eigenvalue weighted by Crippen LogP contribution is 2.35. The maximum Gasteiger partial charge on any atom is 0.417 e. The summed E-state index contributed by atoms with van der Waals surface area (Å²) < 4.78 is 53.2. The van der Waals surface area contributed by atoms with Crippen molar-refractivity contribution in [2.24, 2.45) is 0 Å². The number of alkyl halides is 3. The molecule has 144 valence electrons. The molecule has 0 aliphatic rings. The molecule has 1 heterocycles. The molecule has 0 aliphatic carbocycles. The third-order valence-corrected chi connectivity index (χ3v) is 3.80. The van der Waals surface area contributed by atoms with Gasteiger partial charge >= 0.3 is 12.1 Å². The lowest BCUT2D eigenvalue weighted by Crippen LogP contribution is -2.14. The summed E-state index contributed by atoms with van der Waals surface area (Å²) in [7, 11) is 2.65. The Hall–Kier alpha value is -2.58. The molecule has 2 aromatic rings. The van der Waals surface area contributed by atoms with Crippen LogP contribution in [0.5, 0.6) is 11.6 Å². The van der Waals surface area contributed by atoms with Crippen LogP contribution in [0.2, 0.25) is 5.02 Å². The molecule has 5 nitrogen and oxygen atoms in total. The van der Waals surface area contributed by atoms with Crippen molar-refractivity contribution in [1.82, 2.24) is 4.98 Å². The highest BCUT2D eigenvalue weighted by molar-refractivity contribution is 6.31. The van der Waals surface area contributed by atoms with Gasteiger partial charge in [-0.1, -0.05) is 30.3 Å². The van der Waals surface area contributed by atoms with Gasteiger partial charge in [-0.3, -0.25) is 0 Å². The van der Waals surface area contributed by atoms with E-state index in [0.717, 1.165) is 6.07 Å². The maximum atomic E-state index is 12.6. The van der Waals surface area contributed by atoms with E-state index in [1.165, 1.54) is 26.4 Å². The van der Waals surface area contributed by atoms with Crippen molar-refractivity contribution >= 4 is 17.6 Å². The van der Waals surface area contributed by atoms with Crippen LogP contribution < -0.4 is 4.74 Å². The Morgan fingerprint density at radius 3 is 2.33 bits per heavy atom. The zero-order chi connectivity index (χ0) is 20.2. The normalized spacial score (nSPS) is 12.4. The van der Waals surface area contributed by atoms with Crippen LogP contribution in [0.1, 0.15) is 17.2 Å². The number of esters is 1. The third-order valence-electron chi connectivity index (χ3n) is 3.53. The number of hydrogen-bond donors (Lipinski definition) is 0. The molecule has 1 atom stereocenters. The molecule has 0 radical (unpaired) electrons. The van der Waals surface area contributed by atoms with Crippen molar-refractivity contribution in [3.8, 4) is 11.6 Å². The summed E-state index contributed by atoms with van der Waals surface area (Å²) in [5, 5.41) is -0.275. The summed E-state index contributed by atoms with van der Waals surface area (Å²) in [6.07, 6.45) is -4.63. The van der Waals surface area contributed by atoms with Crippen LogP contribution in [0, 0.1) is 0 Å². The summed E-state index contributed by atoms with van der Waals surface area (Å²) in [5.41, 5.74) is -0.257. The monoisotopic (exact) mass is 401 g/mol. The first-order valence-corrected chi connectivity index (χ1v) is 7.85. The van der Waals surface area contributed by atoms with E-state index in [0.29, 0.717) is 11.8 Å². The van der Waals surface area contributed by atoms with E-state index in [1.807, 2.05) is 0 Å². The van der Waals surface area contributed by atoms with E-state index < -0.39 is 23.8 Å². The standard InChI is InChI=1S/C18H15ClF3NO4/c1-10(17(24)26-3)15(25-2)11-4-6-13(7-5-11)27-16-14(19)8-12(9-23-16)18(20,21)22/h4-9,15H,1H2,2-3H3. The van der Waals surface area contributed by atoms with Gasteiger partial charge in [0.2, 0.25) is 5.88 Å². The second kappa shape index (κ2) is 8.41. The number of hydrogen-bond acceptors (Lipinski definition) is 5. The van der Waals surface area contributed by atoms with Gasteiger partial charge in [-0.2, -0.15) is 13.2 Å². The van der Waals surface area contributed by atoms with E-state index in [4.69, 9.17) is 21.1 Å².